The average Bonchev–Trinajstić information content (AvgIpc) is 3.20. The standard InChI is InChI=1S/C21H26N2O3S2/c1-26-18(24)16-14-3-2-4-15(14)28-17(16)22-20(27)23-19(25)21-8-11-5-12(9-21)7-13(6-11)10-21/h11-13H,2-10H2,1H3,(H2,22,23,25,27). The van der Waals surface area contributed by atoms with Crippen LogP contribution >= 0.6 is 23.6 Å². The second-order valence-electron chi connectivity index (χ2n) is 9.16. The summed E-state index contributed by atoms with van der Waals surface area (Å²) < 4.78 is 4.98. The highest BCUT2D eigenvalue weighted by Crippen LogP contribution is 2.60. The smallest absolute Gasteiger partial charge is 0.341 e. The Labute approximate surface area is 174 Å². The maximum Gasteiger partial charge on any atom is 0.341 e. The van der Waals surface area contributed by atoms with Crippen molar-refractivity contribution in [2.45, 2.75) is 57.8 Å². The number of fused-ring (bicyclic) bond motifs is 1. The molecule has 1 amide bonds. The number of ether oxygens (including phenoxy) is 1. The van der Waals surface area contributed by atoms with Crippen LogP contribution in [0.15, 0.2) is 0 Å². The van der Waals surface area contributed by atoms with Crippen LogP contribution in [0, 0.1) is 23.2 Å². The third kappa shape index (κ3) is 2.98. The quantitative estimate of drug-likeness (QED) is 0.573. The van der Waals surface area contributed by atoms with Gasteiger partial charge in [-0.2, -0.15) is 0 Å². The van der Waals surface area contributed by atoms with Crippen molar-refractivity contribution in [2.24, 2.45) is 23.2 Å². The van der Waals surface area contributed by atoms with Crippen molar-refractivity contribution in [3.05, 3.63) is 16.0 Å². The normalized spacial score (nSPS) is 32.1. The summed E-state index contributed by atoms with van der Waals surface area (Å²) in [5, 5.41) is 7.10. The Bertz CT molecular complexity index is 825. The maximum absolute atomic E-state index is 13.2. The Balaban J connectivity index is 1.31. The molecule has 4 saturated carbocycles. The number of carbonyl (C=O) groups is 2. The van der Waals surface area contributed by atoms with E-state index in [0.717, 1.165) is 44.1 Å². The van der Waals surface area contributed by atoms with Crippen LogP contribution in [0.2, 0.25) is 0 Å². The lowest BCUT2D eigenvalue weighted by Crippen LogP contribution is -2.55. The van der Waals surface area contributed by atoms with Crippen molar-refractivity contribution in [3.8, 4) is 0 Å². The highest BCUT2D eigenvalue weighted by atomic mass is 32.1. The van der Waals surface area contributed by atoms with E-state index in [0.29, 0.717) is 33.4 Å². The summed E-state index contributed by atoms with van der Waals surface area (Å²) in [6.45, 7) is 0. The van der Waals surface area contributed by atoms with E-state index in [-0.39, 0.29) is 17.3 Å². The number of hydrogen-bond donors (Lipinski definition) is 2. The second-order valence-corrected chi connectivity index (χ2v) is 10.7. The zero-order valence-electron chi connectivity index (χ0n) is 16.1. The van der Waals surface area contributed by atoms with Crippen molar-refractivity contribution < 1.29 is 14.3 Å². The third-order valence-corrected chi connectivity index (χ3v) is 8.70. The maximum atomic E-state index is 13.2. The molecular formula is C21H26N2O3S2. The first-order chi connectivity index (χ1) is 13.5. The number of nitrogens with one attached hydrogen (secondary N) is 2. The summed E-state index contributed by atoms with van der Waals surface area (Å²) in [6, 6.07) is 0. The minimum Gasteiger partial charge on any atom is -0.465 e. The molecule has 1 aromatic heterocycles. The summed E-state index contributed by atoms with van der Waals surface area (Å²) in [5.74, 6) is 1.88. The van der Waals surface area contributed by atoms with E-state index >= 15 is 0 Å². The number of carbonyl (C=O) groups excluding carboxylic acids is 2. The second kappa shape index (κ2) is 6.80. The number of rotatable bonds is 3. The molecule has 0 radical (unpaired) electrons. The fraction of sp³-hybridized carbons (Fsp3) is 0.667. The molecule has 4 bridgehead atoms. The van der Waals surface area contributed by atoms with Gasteiger partial charge in [0.15, 0.2) is 5.11 Å². The van der Waals surface area contributed by atoms with Gasteiger partial charge in [-0.3, -0.25) is 4.79 Å². The number of methoxy groups -OCH3 is 1. The molecule has 4 fully saturated rings. The van der Waals surface area contributed by atoms with Crippen LogP contribution in [-0.4, -0.2) is 24.1 Å². The van der Waals surface area contributed by atoms with Crippen LogP contribution in [0.1, 0.15) is 65.7 Å². The molecule has 2 N–H and O–H groups in total. The number of esters is 1. The molecule has 0 atom stereocenters. The topological polar surface area (TPSA) is 67.4 Å². The van der Waals surface area contributed by atoms with Gasteiger partial charge in [-0.05, 0) is 93.3 Å². The third-order valence-electron chi connectivity index (χ3n) is 7.28. The van der Waals surface area contributed by atoms with Crippen molar-refractivity contribution in [3.63, 3.8) is 0 Å². The summed E-state index contributed by atoms with van der Waals surface area (Å²) in [5.41, 5.74) is 1.43. The molecule has 28 heavy (non-hydrogen) atoms. The van der Waals surface area contributed by atoms with E-state index in [4.69, 9.17) is 17.0 Å². The first kappa shape index (κ1) is 18.6. The van der Waals surface area contributed by atoms with Gasteiger partial charge in [-0.15, -0.1) is 11.3 Å². The zero-order valence-corrected chi connectivity index (χ0v) is 17.8. The van der Waals surface area contributed by atoms with E-state index in [1.807, 2.05) is 0 Å². The van der Waals surface area contributed by atoms with Crippen molar-refractivity contribution in [1.29, 1.82) is 0 Å². The SMILES string of the molecule is COC(=O)c1c(NC(=S)NC(=O)C23CC4CC(CC(C4)C2)C3)sc2c1CCC2. The Kier molecular flexibility index (Phi) is 4.51. The fourth-order valence-corrected chi connectivity index (χ4v) is 8.11. The number of anilines is 1. The minimum absolute atomic E-state index is 0.0767. The number of thiocarbonyl (C=S) groups is 1. The van der Waals surface area contributed by atoms with Gasteiger partial charge in [0.1, 0.15) is 5.00 Å². The van der Waals surface area contributed by atoms with Gasteiger partial charge in [-0.1, -0.05) is 0 Å². The van der Waals surface area contributed by atoms with E-state index in [1.54, 1.807) is 11.3 Å². The highest BCUT2D eigenvalue weighted by molar-refractivity contribution is 7.80. The zero-order chi connectivity index (χ0) is 19.5. The van der Waals surface area contributed by atoms with E-state index in [9.17, 15) is 9.59 Å². The van der Waals surface area contributed by atoms with E-state index in [2.05, 4.69) is 10.6 Å². The Hall–Kier alpha value is -1.47. The van der Waals surface area contributed by atoms with Crippen LogP contribution in [0.5, 0.6) is 0 Å². The molecule has 5 nitrogen and oxygen atoms in total. The van der Waals surface area contributed by atoms with E-state index in [1.165, 1.54) is 31.2 Å². The molecule has 1 heterocycles. The van der Waals surface area contributed by atoms with Crippen LogP contribution in [0.4, 0.5) is 5.00 Å². The molecular weight excluding hydrogens is 392 g/mol. The summed E-state index contributed by atoms with van der Waals surface area (Å²) in [7, 11) is 1.40. The summed E-state index contributed by atoms with van der Waals surface area (Å²) >= 11 is 7.02. The summed E-state index contributed by atoms with van der Waals surface area (Å²) in [6.07, 6.45) is 9.88. The summed E-state index contributed by atoms with van der Waals surface area (Å²) in [4.78, 5) is 26.7. The lowest BCUT2D eigenvalue weighted by Gasteiger charge is -2.55. The molecule has 5 aliphatic carbocycles. The number of amides is 1. The van der Waals surface area contributed by atoms with Gasteiger partial charge in [0.05, 0.1) is 18.1 Å². The first-order valence-electron chi connectivity index (χ1n) is 10.3. The monoisotopic (exact) mass is 418 g/mol. The molecule has 150 valence electrons. The number of aryl methyl sites for hydroxylation is 1. The Morgan fingerprint density at radius 3 is 2.36 bits per heavy atom. The molecule has 0 unspecified atom stereocenters. The van der Waals surface area contributed by atoms with Gasteiger partial charge in [-0.25, -0.2) is 4.79 Å². The predicted octanol–water partition coefficient (Wildman–Crippen LogP) is 4.05. The largest absolute Gasteiger partial charge is 0.465 e. The van der Waals surface area contributed by atoms with Gasteiger partial charge < -0.3 is 15.4 Å². The molecule has 1 aromatic rings. The number of hydrogen-bond acceptors (Lipinski definition) is 5. The van der Waals surface area contributed by atoms with Gasteiger partial charge in [0, 0.05) is 4.88 Å². The van der Waals surface area contributed by atoms with Crippen LogP contribution in [0.25, 0.3) is 0 Å². The molecule has 0 saturated heterocycles. The molecule has 5 aliphatic rings. The Morgan fingerprint density at radius 1 is 1.11 bits per heavy atom. The van der Waals surface area contributed by atoms with Crippen molar-refractivity contribution in [2.75, 3.05) is 12.4 Å². The van der Waals surface area contributed by atoms with Gasteiger partial charge >= 0.3 is 5.97 Å². The molecule has 6 rings (SSSR count). The number of thiophene rings is 1. The lowest BCUT2D eigenvalue weighted by atomic mass is 9.49. The molecule has 0 aromatic carbocycles. The van der Waals surface area contributed by atoms with Crippen LogP contribution < -0.4 is 10.6 Å². The van der Waals surface area contributed by atoms with Crippen LogP contribution in [0.3, 0.4) is 0 Å². The first-order valence-corrected chi connectivity index (χ1v) is 11.5. The fourth-order valence-electron chi connectivity index (χ4n) is 6.57. The molecule has 0 aliphatic heterocycles. The van der Waals surface area contributed by atoms with E-state index < -0.39 is 0 Å². The van der Waals surface area contributed by atoms with Gasteiger partial charge in [0.25, 0.3) is 0 Å². The average molecular weight is 419 g/mol. The highest BCUT2D eigenvalue weighted by Gasteiger charge is 2.54. The molecule has 0 spiro atoms. The minimum atomic E-state index is -0.336. The Morgan fingerprint density at radius 2 is 1.75 bits per heavy atom. The van der Waals surface area contributed by atoms with Crippen LogP contribution in [-0.2, 0) is 22.4 Å². The van der Waals surface area contributed by atoms with Crippen molar-refractivity contribution >= 4 is 45.5 Å². The predicted molar refractivity (Wildman–Crippen MR) is 113 cm³/mol. The molecule has 7 heteroatoms. The van der Waals surface area contributed by atoms with Gasteiger partial charge in [0.2, 0.25) is 5.91 Å². The van der Waals surface area contributed by atoms with Crippen molar-refractivity contribution in [1.82, 2.24) is 5.32 Å². The lowest BCUT2D eigenvalue weighted by molar-refractivity contribution is -0.144.